The topological polar surface area (TPSA) is 50.9 Å². The first-order chi connectivity index (χ1) is 9.85. The Morgan fingerprint density at radius 2 is 1.95 bits per heavy atom. The van der Waals surface area contributed by atoms with Crippen LogP contribution >= 0.6 is 11.3 Å². The van der Waals surface area contributed by atoms with Gasteiger partial charge in [0.25, 0.3) is 0 Å². The highest BCUT2D eigenvalue weighted by molar-refractivity contribution is 7.09. The standard InChI is InChI=1S/C16H17N3S/c17-19-15(11-16-18-7-8-20-16)10-12-5-6-13-3-1-2-4-14(13)9-12/h1-9,15,19H,10-11,17H2. The Bertz CT molecular complexity index is 679. The summed E-state index contributed by atoms with van der Waals surface area (Å²) < 4.78 is 0. The minimum atomic E-state index is 0.210. The highest BCUT2D eigenvalue weighted by atomic mass is 32.1. The molecule has 0 aliphatic carbocycles. The number of hydrogen-bond donors (Lipinski definition) is 2. The molecule has 0 aliphatic heterocycles. The normalized spacial score (nSPS) is 12.7. The summed E-state index contributed by atoms with van der Waals surface area (Å²) in [6.45, 7) is 0. The van der Waals surface area contributed by atoms with Crippen molar-refractivity contribution in [2.45, 2.75) is 18.9 Å². The maximum Gasteiger partial charge on any atom is 0.0940 e. The number of hydrogen-bond acceptors (Lipinski definition) is 4. The highest BCUT2D eigenvalue weighted by Gasteiger charge is 2.10. The molecular formula is C16H17N3S. The number of fused-ring (bicyclic) bond motifs is 1. The van der Waals surface area contributed by atoms with E-state index in [-0.39, 0.29) is 6.04 Å². The molecule has 3 rings (SSSR count). The number of nitrogens with zero attached hydrogens (tertiary/aromatic N) is 1. The number of thiazole rings is 1. The summed E-state index contributed by atoms with van der Waals surface area (Å²) in [4.78, 5) is 4.32. The molecule has 0 radical (unpaired) electrons. The van der Waals surface area contributed by atoms with Gasteiger partial charge in [0.05, 0.1) is 5.01 Å². The summed E-state index contributed by atoms with van der Waals surface area (Å²) in [5, 5.41) is 5.66. The van der Waals surface area contributed by atoms with Crippen LogP contribution in [0.2, 0.25) is 0 Å². The fourth-order valence-electron chi connectivity index (χ4n) is 2.40. The zero-order valence-corrected chi connectivity index (χ0v) is 11.9. The van der Waals surface area contributed by atoms with Crippen molar-refractivity contribution in [2.75, 3.05) is 0 Å². The van der Waals surface area contributed by atoms with Crippen molar-refractivity contribution in [1.29, 1.82) is 0 Å². The van der Waals surface area contributed by atoms with E-state index in [2.05, 4.69) is 52.9 Å². The summed E-state index contributed by atoms with van der Waals surface area (Å²) in [6, 6.07) is 15.2. The van der Waals surface area contributed by atoms with E-state index >= 15 is 0 Å². The van der Waals surface area contributed by atoms with Gasteiger partial charge in [0.1, 0.15) is 0 Å². The second-order valence-corrected chi connectivity index (χ2v) is 5.86. The predicted molar refractivity (Wildman–Crippen MR) is 84.6 cm³/mol. The van der Waals surface area contributed by atoms with Crippen molar-refractivity contribution < 1.29 is 0 Å². The van der Waals surface area contributed by atoms with E-state index in [0.717, 1.165) is 17.8 Å². The number of nitrogens with two attached hydrogens (primary N) is 1. The smallest absolute Gasteiger partial charge is 0.0940 e. The molecule has 3 N–H and O–H groups in total. The average Bonchev–Trinajstić information content (AvgIpc) is 2.99. The summed E-state index contributed by atoms with van der Waals surface area (Å²) in [5.74, 6) is 5.68. The zero-order chi connectivity index (χ0) is 13.8. The third-order valence-electron chi connectivity index (χ3n) is 3.44. The van der Waals surface area contributed by atoms with Gasteiger partial charge in [-0.3, -0.25) is 11.3 Å². The molecule has 1 unspecified atom stereocenters. The summed E-state index contributed by atoms with van der Waals surface area (Å²) >= 11 is 1.67. The summed E-state index contributed by atoms with van der Waals surface area (Å²) in [6.07, 6.45) is 3.60. The van der Waals surface area contributed by atoms with Crippen LogP contribution < -0.4 is 11.3 Å². The maximum atomic E-state index is 5.68. The molecule has 0 fully saturated rings. The van der Waals surface area contributed by atoms with Crippen LogP contribution in [0.15, 0.2) is 54.0 Å². The van der Waals surface area contributed by atoms with Gasteiger partial charge in [0, 0.05) is 24.0 Å². The van der Waals surface area contributed by atoms with Crippen molar-refractivity contribution in [3.05, 3.63) is 64.6 Å². The van der Waals surface area contributed by atoms with Crippen LogP contribution in [-0.4, -0.2) is 11.0 Å². The third-order valence-corrected chi connectivity index (χ3v) is 4.24. The van der Waals surface area contributed by atoms with E-state index in [1.807, 2.05) is 11.6 Å². The van der Waals surface area contributed by atoms with Gasteiger partial charge in [-0.25, -0.2) is 4.98 Å². The molecule has 20 heavy (non-hydrogen) atoms. The molecule has 0 bridgehead atoms. The van der Waals surface area contributed by atoms with Gasteiger partial charge in [0.2, 0.25) is 0 Å². The summed E-state index contributed by atoms with van der Waals surface area (Å²) in [5.41, 5.74) is 4.20. The van der Waals surface area contributed by atoms with Gasteiger partial charge in [-0.05, 0) is 22.8 Å². The first-order valence-corrected chi connectivity index (χ1v) is 7.55. The van der Waals surface area contributed by atoms with Crippen molar-refractivity contribution in [3.63, 3.8) is 0 Å². The second-order valence-electron chi connectivity index (χ2n) is 4.88. The Kier molecular flexibility index (Phi) is 4.06. The lowest BCUT2D eigenvalue weighted by Gasteiger charge is -2.15. The molecule has 0 saturated carbocycles. The molecule has 102 valence electrons. The number of aromatic nitrogens is 1. The van der Waals surface area contributed by atoms with Crippen molar-refractivity contribution in [2.24, 2.45) is 5.84 Å². The third kappa shape index (κ3) is 3.04. The van der Waals surface area contributed by atoms with Crippen molar-refractivity contribution >= 4 is 22.1 Å². The zero-order valence-electron chi connectivity index (χ0n) is 11.1. The Morgan fingerprint density at radius 1 is 1.10 bits per heavy atom. The van der Waals surface area contributed by atoms with E-state index < -0.39 is 0 Å². The second kappa shape index (κ2) is 6.13. The number of benzene rings is 2. The summed E-state index contributed by atoms with van der Waals surface area (Å²) in [7, 11) is 0. The molecule has 3 aromatic rings. The average molecular weight is 283 g/mol. The van der Waals surface area contributed by atoms with Gasteiger partial charge in [0.15, 0.2) is 0 Å². The van der Waals surface area contributed by atoms with E-state index in [0.29, 0.717) is 0 Å². The number of hydrazine groups is 1. The van der Waals surface area contributed by atoms with Gasteiger partial charge >= 0.3 is 0 Å². The Hall–Kier alpha value is -1.75. The highest BCUT2D eigenvalue weighted by Crippen LogP contribution is 2.17. The molecule has 0 aliphatic rings. The quantitative estimate of drug-likeness (QED) is 0.559. The minimum Gasteiger partial charge on any atom is -0.271 e. The first-order valence-electron chi connectivity index (χ1n) is 6.67. The number of nitrogens with one attached hydrogen (secondary N) is 1. The van der Waals surface area contributed by atoms with Crippen LogP contribution in [0.3, 0.4) is 0 Å². The monoisotopic (exact) mass is 283 g/mol. The minimum absolute atomic E-state index is 0.210. The lowest BCUT2D eigenvalue weighted by Crippen LogP contribution is -2.38. The molecular weight excluding hydrogens is 266 g/mol. The Labute approximate surface area is 122 Å². The first kappa shape index (κ1) is 13.2. The van der Waals surface area contributed by atoms with Gasteiger partial charge in [-0.2, -0.15) is 0 Å². The van der Waals surface area contributed by atoms with Crippen molar-refractivity contribution in [1.82, 2.24) is 10.4 Å². The van der Waals surface area contributed by atoms with E-state index in [4.69, 9.17) is 5.84 Å². The fourth-order valence-corrected chi connectivity index (χ4v) is 3.10. The van der Waals surface area contributed by atoms with Gasteiger partial charge in [-0.1, -0.05) is 42.5 Å². The predicted octanol–water partition coefficient (Wildman–Crippen LogP) is 2.91. The maximum absolute atomic E-state index is 5.68. The molecule has 4 heteroatoms. The van der Waals surface area contributed by atoms with Gasteiger partial charge < -0.3 is 0 Å². The molecule has 1 atom stereocenters. The molecule has 0 saturated heterocycles. The molecule has 3 nitrogen and oxygen atoms in total. The Balaban J connectivity index is 1.76. The van der Waals surface area contributed by atoms with Crippen LogP contribution in [0.4, 0.5) is 0 Å². The van der Waals surface area contributed by atoms with E-state index in [1.165, 1.54) is 16.3 Å². The molecule has 1 heterocycles. The molecule has 0 spiro atoms. The van der Waals surface area contributed by atoms with Crippen LogP contribution in [0.25, 0.3) is 10.8 Å². The van der Waals surface area contributed by atoms with E-state index in [1.54, 1.807) is 11.3 Å². The van der Waals surface area contributed by atoms with E-state index in [9.17, 15) is 0 Å². The SMILES string of the molecule is NNC(Cc1ccc2ccccc2c1)Cc1nccs1. The molecule has 2 aromatic carbocycles. The van der Waals surface area contributed by atoms with Crippen LogP contribution in [0.5, 0.6) is 0 Å². The van der Waals surface area contributed by atoms with Crippen LogP contribution in [0, 0.1) is 0 Å². The van der Waals surface area contributed by atoms with Crippen molar-refractivity contribution in [3.8, 4) is 0 Å². The lowest BCUT2D eigenvalue weighted by molar-refractivity contribution is 0.522. The lowest BCUT2D eigenvalue weighted by atomic mass is 10.0. The van der Waals surface area contributed by atoms with Crippen LogP contribution in [0.1, 0.15) is 10.6 Å². The number of rotatable bonds is 5. The van der Waals surface area contributed by atoms with Crippen LogP contribution in [-0.2, 0) is 12.8 Å². The van der Waals surface area contributed by atoms with Gasteiger partial charge in [-0.15, -0.1) is 11.3 Å². The Morgan fingerprint density at radius 3 is 2.70 bits per heavy atom. The molecule has 1 aromatic heterocycles. The fraction of sp³-hybridized carbons (Fsp3) is 0.188. The largest absolute Gasteiger partial charge is 0.271 e. The molecule has 0 amide bonds.